The molecule has 2 heterocycles. The molecular weight excluding hydrogens is 644 g/mol. The van der Waals surface area contributed by atoms with Crippen LogP contribution >= 0.6 is 0 Å². The molecule has 2 fully saturated rings. The summed E-state index contributed by atoms with van der Waals surface area (Å²) in [6.07, 6.45) is 5.34. The third kappa shape index (κ3) is 14.0. The summed E-state index contributed by atoms with van der Waals surface area (Å²) in [6, 6.07) is 21.1. The Labute approximate surface area is 297 Å². The van der Waals surface area contributed by atoms with E-state index in [4.69, 9.17) is 11.5 Å². The molecule has 0 radical (unpaired) electrons. The smallest absolute Gasteiger partial charge is 0.108 e. The van der Waals surface area contributed by atoms with Crippen LogP contribution in [-0.4, -0.2) is 105 Å². The first-order chi connectivity index (χ1) is 20.3. The first kappa shape index (κ1) is 42.6. The van der Waals surface area contributed by atoms with Gasteiger partial charge in [0.25, 0.3) is 0 Å². The molecule has 0 bridgehead atoms. The van der Waals surface area contributed by atoms with E-state index in [0.717, 1.165) is 32.4 Å². The molecule has 6 nitrogen and oxygen atoms in total. The standard InChI is InChI=1S/2C18H34N3Si.2ClH/c2*1-21(2,13-6-14-22(3,4)5)18-11-12-20(15-18)17-9-7-16(19)8-10-17;;/h2*7-10,18H,6,11-15,19H2,1-5H3;2*1H/q2*+1;;/p-2. The summed E-state index contributed by atoms with van der Waals surface area (Å²) in [4.78, 5) is 5.03. The number of benzene rings is 2. The molecule has 2 aliphatic heterocycles. The third-order valence-corrected chi connectivity index (χ3v) is 13.8. The van der Waals surface area contributed by atoms with Gasteiger partial charge in [0, 0.05) is 64.8 Å². The minimum Gasteiger partial charge on any atom is -1.00 e. The molecule has 2 unspecified atom stereocenters. The summed E-state index contributed by atoms with van der Waals surface area (Å²) in [7, 11) is 7.87. The molecule has 10 heteroatoms. The summed E-state index contributed by atoms with van der Waals surface area (Å²) in [5, 5.41) is 0. The average Bonchev–Trinajstić information content (AvgIpc) is 3.60. The van der Waals surface area contributed by atoms with Crippen molar-refractivity contribution in [3.63, 3.8) is 0 Å². The van der Waals surface area contributed by atoms with E-state index in [0.29, 0.717) is 0 Å². The molecule has 2 aliphatic rings. The predicted octanol–water partition coefficient (Wildman–Crippen LogP) is 1.31. The van der Waals surface area contributed by atoms with Crippen molar-refractivity contribution in [1.82, 2.24) is 0 Å². The maximum absolute atomic E-state index is 5.79. The lowest BCUT2D eigenvalue weighted by molar-refractivity contribution is -0.912. The van der Waals surface area contributed by atoms with Crippen molar-refractivity contribution in [3.05, 3.63) is 48.5 Å². The maximum Gasteiger partial charge on any atom is 0.108 e. The monoisotopic (exact) mass is 710 g/mol. The van der Waals surface area contributed by atoms with E-state index in [1.807, 2.05) is 24.3 Å². The van der Waals surface area contributed by atoms with E-state index in [1.165, 1.54) is 88.4 Å². The molecule has 2 aromatic carbocycles. The fourth-order valence-electron chi connectivity index (χ4n) is 6.86. The minimum atomic E-state index is -0.900. The fourth-order valence-corrected chi connectivity index (χ4v) is 9.30. The van der Waals surface area contributed by atoms with Gasteiger partial charge >= 0.3 is 0 Å². The zero-order valence-corrected chi connectivity index (χ0v) is 34.5. The zero-order chi connectivity index (χ0) is 32.8. The van der Waals surface area contributed by atoms with E-state index >= 15 is 0 Å². The van der Waals surface area contributed by atoms with E-state index in [2.05, 4.69) is 102 Å². The van der Waals surface area contributed by atoms with Crippen molar-refractivity contribution >= 4 is 38.9 Å². The second kappa shape index (κ2) is 17.8. The van der Waals surface area contributed by atoms with Crippen molar-refractivity contribution in [1.29, 1.82) is 0 Å². The second-order valence-corrected chi connectivity index (χ2v) is 28.5. The lowest BCUT2D eigenvalue weighted by Crippen LogP contribution is -3.00. The molecular formula is C36H68Cl2N6Si2. The molecule has 4 N–H and O–H groups in total. The molecule has 0 aliphatic carbocycles. The van der Waals surface area contributed by atoms with Crippen molar-refractivity contribution < 1.29 is 33.8 Å². The number of rotatable bonds is 12. The van der Waals surface area contributed by atoms with Crippen LogP contribution in [0, 0.1) is 0 Å². The summed E-state index contributed by atoms with van der Waals surface area (Å²) in [5.74, 6) is 0. The van der Waals surface area contributed by atoms with Crippen molar-refractivity contribution in [2.45, 2.75) is 89.1 Å². The Morgan fingerprint density at radius 3 is 1.17 bits per heavy atom. The second-order valence-electron chi connectivity index (χ2n) is 17.3. The summed E-state index contributed by atoms with van der Waals surface area (Å²) < 4.78 is 2.33. The highest BCUT2D eigenvalue weighted by Crippen LogP contribution is 2.28. The number of likely N-dealkylation sites (N-methyl/N-ethyl adjacent to an activating group) is 2. The largest absolute Gasteiger partial charge is 1.00 e. The van der Waals surface area contributed by atoms with Crippen LogP contribution in [0.5, 0.6) is 0 Å². The molecule has 2 atom stereocenters. The maximum atomic E-state index is 5.79. The van der Waals surface area contributed by atoms with Gasteiger partial charge in [0.2, 0.25) is 0 Å². The fraction of sp³-hybridized carbons (Fsp3) is 0.667. The Hall–Kier alpha value is -1.43. The first-order valence-corrected chi connectivity index (χ1v) is 24.6. The SMILES string of the molecule is C[N+](C)(CCC[Si](C)(C)C)C1CCN(c2ccc(N)cc2)C1.C[N+](C)(CCC[Si](C)(C)C)C1CCN(c2ccc(N)cc2)C1.[Cl-].[Cl-]. The zero-order valence-electron chi connectivity index (χ0n) is 31.0. The van der Waals surface area contributed by atoms with Crippen LogP contribution in [0.3, 0.4) is 0 Å². The van der Waals surface area contributed by atoms with Gasteiger partial charge in [-0.15, -0.1) is 0 Å². The number of quaternary nitrogens is 2. The number of anilines is 4. The highest BCUT2D eigenvalue weighted by molar-refractivity contribution is 6.76. The van der Waals surface area contributed by atoms with Crippen molar-refractivity contribution in [2.24, 2.45) is 0 Å². The van der Waals surface area contributed by atoms with Crippen LogP contribution in [0.15, 0.2) is 48.5 Å². The average molecular weight is 712 g/mol. The van der Waals surface area contributed by atoms with Crippen LogP contribution < -0.4 is 46.1 Å². The molecule has 4 rings (SSSR count). The Bertz CT molecular complexity index is 1060. The van der Waals surface area contributed by atoms with Crippen LogP contribution in [0.4, 0.5) is 22.7 Å². The van der Waals surface area contributed by atoms with Gasteiger partial charge in [0.15, 0.2) is 0 Å². The van der Waals surface area contributed by atoms with Gasteiger partial charge in [-0.05, 0) is 61.4 Å². The Kier molecular flexibility index (Phi) is 16.5. The van der Waals surface area contributed by atoms with E-state index < -0.39 is 16.1 Å². The quantitative estimate of drug-likeness (QED) is 0.198. The van der Waals surface area contributed by atoms with Crippen molar-refractivity contribution in [3.8, 4) is 0 Å². The van der Waals surface area contributed by atoms with Crippen molar-refractivity contribution in [2.75, 3.05) is 88.7 Å². The third-order valence-electron chi connectivity index (χ3n) is 10.1. The van der Waals surface area contributed by atoms with E-state index in [-0.39, 0.29) is 24.8 Å². The summed E-state index contributed by atoms with van der Waals surface area (Å²) in [6.45, 7) is 22.2. The Morgan fingerprint density at radius 2 is 0.891 bits per heavy atom. The van der Waals surface area contributed by atoms with Gasteiger partial charge in [-0.1, -0.05) is 51.4 Å². The van der Waals surface area contributed by atoms with Gasteiger partial charge in [0.05, 0.1) is 54.4 Å². The van der Waals surface area contributed by atoms with Crippen LogP contribution in [-0.2, 0) is 0 Å². The predicted molar refractivity (Wildman–Crippen MR) is 202 cm³/mol. The first-order valence-electron chi connectivity index (χ1n) is 17.2. The number of nitrogen functional groups attached to an aromatic ring is 2. The number of halogens is 2. The number of hydrogen-bond donors (Lipinski definition) is 2. The molecule has 0 spiro atoms. The van der Waals surface area contributed by atoms with Crippen LogP contribution in [0.25, 0.3) is 0 Å². The lowest BCUT2D eigenvalue weighted by Gasteiger charge is -2.37. The molecule has 0 amide bonds. The number of nitrogens with zero attached hydrogens (tertiary/aromatic N) is 4. The highest BCUT2D eigenvalue weighted by Gasteiger charge is 2.36. The number of nitrogens with two attached hydrogens (primary N) is 2. The highest BCUT2D eigenvalue weighted by atomic mass is 35.5. The molecule has 0 saturated carbocycles. The summed E-state index contributed by atoms with van der Waals surface area (Å²) in [5.41, 5.74) is 15.9. The van der Waals surface area contributed by atoms with E-state index in [1.54, 1.807) is 0 Å². The normalized spacial score (nSPS) is 18.8. The van der Waals surface area contributed by atoms with Gasteiger partial charge in [-0.2, -0.15) is 0 Å². The molecule has 2 saturated heterocycles. The Morgan fingerprint density at radius 1 is 0.587 bits per heavy atom. The Balaban J connectivity index is 0.000000441. The van der Waals surface area contributed by atoms with Gasteiger partial charge in [-0.3, -0.25) is 0 Å². The molecule has 0 aromatic heterocycles. The van der Waals surface area contributed by atoms with Gasteiger partial charge < -0.3 is 55.0 Å². The van der Waals surface area contributed by atoms with E-state index in [9.17, 15) is 0 Å². The molecule has 46 heavy (non-hydrogen) atoms. The van der Waals surface area contributed by atoms with Crippen LogP contribution in [0.1, 0.15) is 25.7 Å². The molecule has 2 aromatic rings. The molecule has 264 valence electrons. The van der Waals surface area contributed by atoms with Crippen LogP contribution in [0.2, 0.25) is 51.4 Å². The lowest BCUT2D eigenvalue weighted by atomic mass is 10.2. The van der Waals surface area contributed by atoms with Gasteiger partial charge in [-0.25, -0.2) is 0 Å². The topological polar surface area (TPSA) is 58.5 Å². The van der Waals surface area contributed by atoms with Gasteiger partial charge in [0.1, 0.15) is 12.1 Å². The minimum absolute atomic E-state index is 0. The number of hydrogen-bond acceptors (Lipinski definition) is 4. The summed E-state index contributed by atoms with van der Waals surface area (Å²) >= 11 is 0.